The number of carbonyl (C=O) groups excluding carboxylic acids is 1. The Morgan fingerprint density at radius 1 is 1.35 bits per heavy atom. The third-order valence-corrected chi connectivity index (χ3v) is 2.20. The van der Waals surface area contributed by atoms with Gasteiger partial charge < -0.3 is 14.9 Å². The molecule has 0 bridgehead atoms. The Morgan fingerprint density at radius 3 is 2.65 bits per heavy atom. The fourth-order valence-electron chi connectivity index (χ4n) is 1.42. The minimum atomic E-state index is -0.937. The molecule has 0 spiro atoms. The van der Waals surface area contributed by atoms with E-state index in [9.17, 15) is 14.7 Å². The summed E-state index contributed by atoms with van der Waals surface area (Å²) in [6.07, 6.45) is 0.154. The van der Waals surface area contributed by atoms with Crippen molar-refractivity contribution >= 4 is 11.9 Å². The summed E-state index contributed by atoms with van der Waals surface area (Å²) in [5.41, 5.74) is 0.775. The van der Waals surface area contributed by atoms with Gasteiger partial charge in [-0.05, 0) is 31.0 Å². The summed E-state index contributed by atoms with van der Waals surface area (Å²) in [6.45, 7) is 1.91. The average molecular weight is 238 g/mol. The summed E-state index contributed by atoms with van der Waals surface area (Å²) in [5.74, 6) is -1.54. The smallest absolute Gasteiger partial charge is 0.338 e. The van der Waals surface area contributed by atoms with Crippen LogP contribution >= 0.6 is 0 Å². The molecule has 0 saturated heterocycles. The molecule has 1 rings (SSSR count). The van der Waals surface area contributed by atoms with Crippen LogP contribution in [-0.2, 0) is 16.0 Å². The lowest BCUT2D eigenvalue weighted by atomic mass is 10.0. The van der Waals surface area contributed by atoms with E-state index in [2.05, 4.69) is 0 Å². The molecule has 1 aromatic rings. The minimum absolute atomic E-state index is 0.0490. The maximum atomic E-state index is 11.6. The van der Waals surface area contributed by atoms with Crippen molar-refractivity contribution in [1.29, 1.82) is 0 Å². The zero-order valence-electron chi connectivity index (χ0n) is 9.47. The van der Waals surface area contributed by atoms with Crippen molar-refractivity contribution in [2.24, 2.45) is 0 Å². The second-order valence-corrected chi connectivity index (χ2v) is 3.46. The fraction of sp³-hybridized carbons (Fsp3) is 0.333. The number of carbonyl (C=O) groups is 2. The third kappa shape index (κ3) is 3.79. The van der Waals surface area contributed by atoms with E-state index in [1.165, 1.54) is 18.2 Å². The molecule has 0 radical (unpaired) electrons. The molecule has 1 aromatic carbocycles. The zero-order chi connectivity index (χ0) is 12.8. The van der Waals surface area contributed by atoms with Crippen LogP contribution in [0.5, 0.6) is 5.75 Å². The van der Waals surface area contributed by atoms with Crippen molar-refractivity contribution in [1.82, 2.24) is 0 Å². The number of phenolic OH excluding ortho intramolecular Hbond substituents is 1. The summed E-state index contributed by atoms with van der Waals surface area (Å²) in [4.78, 5) is 22.1. The second-order valence-electron chi connectivity index (χ2n) is 3.46. The van der Waals surface area contributed by atoms with Crippen LogP contribution in [0.2, 0.25) is 0 Å². The van der Waals surface area contributed by atoms with Gasteiger partial charge in [-0.25, -0.2) is 4.79 Å². The molecule has 5 heteroatoms. The van der Waals surface area contributed by atoms with Gasteiger partial charge in [0.1, 0.15) is 5.75 Å². The molecule has 0 aromatic heterocycles. The van der Waals surface area contributed by atoms with Crippen molar-refractivity contribution in [3.63, 3.8) is 0 Å². The minimum Gasteiger partial charge on any atom is -0.508 e. The molecular formula is C12H14O5. The molecule has 2 N–H and O–H groups in total. The fourth-order valence-corrected chi connectivity index (χ4v) is 1.42. The first-order valence-electron chi connectivity index (χ1n) is 5.25. The van der Waals surface area contributed by atoms with Crippen LogP contribution in [0.4, 0.5) is 0 Å². The van der Waals surface area contributed by atoms with Crippen LogP contribution in [0.3, 0.4) is 0 Å². The van der Waals surface area contributed by atoms with E-state index >= 15 is 0 Å². The number of aliphatic carboxylic acids is 1. The van der Waals surface area contributed by atoms with Gasteiger partial charge in [-0.2, -0.15) is 0 Å². The number of benzene rings is 1. The highest BCUT2D eigenvalue weighted by atomic mass is 16.5. The summed E-state index contributed by atoms with van der Waals surface area (Å²) in [7, 11) is 0. The number of esters is 1. The third-order valence-electron chi connectivity index (χ3n) is 2.20. The monoisotopic (exact) mass is 238 g/mol. The molecule has 0 heterocycles. The van der Waals surface area contributed by atoms with Gasteiger partial charge in [0.2, 0.25) is 0 Å². The van der Waals surface area contributed by atoms with E-state index in [-0.39, 0.29) is 30.8 Å². The van der Waals surface area contributed by atoms with Gasteiger partial charge in [0.15, 0.2) is 0 Å². The lowest BCUT2D eigenvalue weighted by Crippen LogP contribution is -2.09. The van der Waals surface area contributed by atoms with E-state index in [1.807, 2.05) is 0 Å². The number of carboxylic acids is 1. The number of hydrogen-bond acceptors (Lipinski definition) is 4. The first-order valence-corrected chi connectivity index (χ1v) is 5.25. The largest absolute Gasteiger partial charge is 0.508 e. The van der Waals surface area contributed by atoms with Crippen molar-refractivity contribution in [2.45, 2.75) is 19.8 Å². The Kier molecular flexibility index (Phi) is 4.51. The van der Waals surface area contributed by atoms with Gasteiger partial charge in [-0.15, -0.1) is 0 Å². The van der Waals surface area contributed by atoms with E-state index in [1.54, 1.807) is 6.92 Å². The number of carboxylic acid groups (broad SMARTS) is 1. The van der Waals surface area contributed by atoms with E-state index in [0.717, 1.165) is 0 Å². The van der Waals surface area contributed by atoms with Gasteiger partial charge in [0.05, 0.1) is 12.2 Å². The van der Waals surface area contributed by atoms with Crippen LogP contribution in [0, 0.1) is 0 Å². The van der Waals surface area contributed by atoms with Crippen LogP contribution in [0.15, 0.2) is 18.2 Å². The highest BCUT2D eigenvalue weighted by Crippen LogP contribution is 2.19. The Bertz CT molecular complexity index is 425. The van der Waals surface area contributed by atoms with Crippen LogP contribution < -0.4 is 0 Å². The number of aryl methyl sites for hydroxylation is 1. The molecular weight excluding hydrogens is 224 g/mol. The number of ether oxygens (including phenoxy) is 1. The maximum absolute atomic E-state index is 11.6. The summed E-state index contributed by atoms with van der Waals surface area (Å²) >= 11 is 0. The lowest BCUT2D eigenvalue weighted by molar-refractivity contribution is -0.136. The molecule has 0 atom stereocenters. The quantitative estimate of drug-likeness (QED) is 0.761. The van der Waals surface area contributed by atoms with Gasteiger partial charge in [-0.3, -0.25) is 4.79 Å². The molecule has 0 amide bonds. The molecule has 0 aliphatic carbocycles. The Balaban J connectivity index is 2.95. The summed E-state index contributed by atoms with van der Waals surface area (Å²) in [6, 6.07) is 4.24. The van der Waals surface area contributed by atoms with Crippen molar-refractivity contribution in [3.05, 3.63) is 29.3 Å². The highest BCUT2D eigenvalue weighted by molar-refractivity contribution is 5.91. The SMILES string of the molecule is CCOC(=O)c1cc(O)ccc1CCC(=O)O. The first-order chi connectivity index (χ1) is 8.04. The van der Waals surface area contributed by atoms with Crippen molar-refractivity contribution in [3.8, 4) is 5.75 Å². The number of phenols is 1. The van der Waals surface area contributed by atoms with E-state index in [4.69, 9.17) is 9.84 Å². The Labute approximate surface area is 98.6 Å². The van der Waals surface area contributed by atoms with E-state index in [0.29, 0.717) is 5.56 Å². The molecule has 0 unspecified atom stereocenters. The maximum Gasteiger partial charge on any atom is 0.338 e. The molecule has 0 aliphatic heterocycles. The molecule has 92 valence electrons. The predicted octanol–water partition coefficient (Wildman–Crippen LogP) is 1.59. The average Bonchev–Trinajstić information content (AvgIpc) is 2.27. The van der Waals surface area contributed by atoms with Crippen LogP contribution in [0.1, 0.15) is 29.3 Å². The standard InChI is InChI=1S/C12H14O5/c1-2-17-12(16)10-7-9(13)5-3-8(10)4-6-11(14)15/h3,5,7,13H,2,4,6H2,1H3,(H,14,15). The van der Waals surface area contributed by atoms with Crippen LogP contribution in [-0.4, -0.2) is 28.8 Å². The molecule has 0 saturated carbocycles. The Morgan fingerprint density at radius 2 is 2.06 bits per heavy atom. The molecule has 0 aliphatic rings. The number of rotatable bonds is 5. The van der Waals surface area contributed by atoms with Gasteiger partial charge in [0, 0.05) is 6.42 Å². The molecule has 5 nitrogen and oxygen atoms in total. The number of aromatic hydroxyl groups is 1. The van der Waals surface area contributed by atoms with Gasteiger partial charge >= 0.3 is 11.9 Å². The second kappa shape index (κ2) is 5.89. The van der Waals surface area contributed by atoms with Crippen molar-refractivity contribution < 1.29 is 24.5 Å². The van der Waals surface area contributed by atoms with Gasteiger partial charge in [-0.1, -0.05) is 6.07 Å². The summed E-state index contributed by atoms with van der Waals surface area (Å²) in [5, 5.41) is 17.9. The molecule has 17 heavy (non-hydrogen) atoms. The van der Waals surface area contributed by atoms with Gasteiger partial charge in [0.25, 0.3) is 0 Å². The molecule has 0 fully saturated rings. The topological polar surface area (TPSA) is 83.8 Å². The Hall–Kier alpha value is -2.04. The predicted molar refractivity (Wildman–Crippen MR) is 60.0 cm³/mol. The van der Waals surface area contributed by atoms with Crippen LogP contribution in [0.25, 0.3) is 0 Å². The van der Waals surface area contributed by atoms with E-state index < -0.39 is 11.9 Å². The first kappa shape index (κ1) is 13.0. The highest BCUT2D eigenvalue weighted by Gasteiger charge is 2.14. The lowest BCUT2D eigenvalue weighted by Gasteiger charge is -2.08. The zero-order valence-corrected chi connectivity index (χ0v) is 9.47. The van der Waals surface area contributed by atoms with Crippen molar-refractivity contribution in [2.75, 3.05) is 6.61 Å². The number of hydrogen-bond donors (Lipinski definition) is 2. The summed E-state index contributed by atoms with van der Waals surface area (Å²) < 4.78 is 4.83. The normalized spacial score (nSPS) is 9.94.